The zero-order valence-electron chi connectivity index (χ0n) is 23.1. The first-order chi connectivity index (χ1) is 20.2. The van der Waals surface area contributed by atoms with Gasteiger partial charge in [0, 0.05) is 38.1 Å². The summed E-state index contributed by atoms with van der Waals surface area (Å²) in [5, 5.41) is 10.6. The monoisotopic (exact) mass is 609 g/mol. The number of aromatic nitrogens is 4. The second-order valence-corrected chi connectivity index (χ2v) is 11.5. The van der Waals surface area contributed by atoms with Crippen LogP contribution in [0.5, 0.6) is 5.88 Å². The molecule has 0 radical (unpaired) electrons. The lowest BCUT2D eigenvalue weighted by atomic mass is 10.1. The van der Waals surface area contributed by atoms with Crippen LogP contribution >= 0.6 is 23.2 Å². The number of carboxylic acid groups (broad SMARTS) is 1. The Balaban J connectivity index is 1.36. The Labute approximate surface area is 251 Å². The molecule has 13 heteroatoms. The van der Waals surface area contributed by atoms with Crippen LogP contribution in [0.25, 0.3) is 16.7 Å². The van der Waals surface area contributed by atoms with Crippen molar-refractivity contribution >= 4 is 51.8 Å². The van der Waals surface area contributed by atoms with E-state index in [1.54, 1.807) is 29.1 Å². The number of carbonyl (C=O) groups is 1. The molecule has 0 bridgehead atoms. The predicted octanol–water partition coefficient (Wildman–Crippen LogP) is 3.98. The van der Waals surface area contributed by atoms with E-state index in [4.69, 9.17) is 32.9 Å². The number of pyridine rings is 4. The van der Waals surface area contributed by atoms with Crippen molar-refractivity contribution in [3.63, 3.8) is 0 Å². The van der Waals surface area contributed by atoms with Gasteiger partial charge in [-0.05, 0) is 57.3 Å². The summed E-state index contributed by atoms with van der Waals surface area (Å²) < 4.78 is 7.52. The molecule has 4 aromatic rings. The van der Waals surface area contributed by atoms with E-state index in [9.17, 15) is 14.7 Å². The highest BCUT2D eigenvalue weighted by atomic mass is 35.5. The summed E-state index contributed by atoms with van der Waals surface area (Å²) in [7, 11) is 4.11. The Morgan fingerprint density at radius 2 is 1.98 bits per heavy atom. The van der Waals surface area contributed by atoms with Gasteiger partial charge in [-0.2, -0.15) is 0 Å². The van der Waals surface area contributed by atoms with Crippen LogP contribution in [0.15, 0.2) is 53.7 Å². The number of hydrogen-bond donors (Lipinski definition) is 1. The van der Waals surface area contributed by atoms with E-state index >= 15 is 0 Å². The highest BCUT2D eigenvalue weighted by Gasteiger charge is 2.31. The highest BCUT2D eigenvalue weighted by Crippen LogP contribution is 2.34. The van der Waals surface area contributed by atoms with Crippen LogP contribution in [0.4, 0.5) is 11.6 Å². The van der Waals surface area contributed by atoms with Crippen molar-refractivity contribution in [2.24, 2.45) is 0 Å². The fourth-order valence-corrected chi connectivity index (χ4v) is 5.82. The molecule has 2 aliphatic heterocycles. The van der Waals surface area contributed by atoms with Gasteiger partial charge < -0.3 is 24.5 Å². The average molecular weight is 611 g/mol. The van der Waals surface area contributed by atoms with Crippen molar-refractivity contribution in [3.8, 4) is 11.6 Å². The summed E-state index contributed by atoms with van der Waals surface area (Å²) in [6.07, 6.45) is 6.30. The van der Waals surface area contributed by atoms with Gasteiger partial charge in [0.15, 0.2) is 5.65 Å². The molecule has 6 heterocycles. The SMILES string of the molecule is CN(C)C1CN(c2ccc(-n3cc(C(=O)O)c(=O)c4cc(Cl)c(N5CCC[C@@H]5COc5ncccc5Cl)nc43)cn2)C1. The van der Waals surface area contributed by atoms with E-state index in [-0.39, 0.29) is 27.7 Å². The zero-order valence-corrected chi connectivity index (χ0v) is 24.6. The van der Waals surface area contributed by atoms with Gasteiger partial charge >= 0.3 is 5.97 Å². The standard InChI is InChI=1S/C29H29Cl2N7O4/c1-35(2)19-13-36(14-19)24-8-7-17(12-33-24)38-15-21(29(40)41)25(39)20-11-23(31)27(34-26(20)38)37-10-4-5-18(37)16-42-28-22(30)6-3-9-32-28/h3,6-9,11-12,15,18-19H,4-5,10,13-14,16H2,1-2H3,(H,40,41)/t18-/m1/s1. The smallest absolute Gasteiger partial charge is 0.341 e. The minimum atomic E-state index is -1.33. The molecule has 2 fully saturated rings. The Morgan fingerprint density at radius 1 is 1.17 bits per heavy atom. The first kappa shape index (κ1) is 28.2. The van der Waals surface area contributed by atoms with Gasteiger partial charge in [0.25, 0.3) is 0 Å². The van der Waals surface area contributed by atoms with Gasteiger partial charge in [-0.1, -0.05) is 23.2 Å². The predicted molar refractivity (Wildman–Crippen MR) is 162 cm³/mol. The second-order valence-electron chi connectivity index (χ2n) is 10.7. The molecule has 4 aromatic heterocycles. The van der Waals surface area contributed by atoms with E-state index in [2.05, 4.69) is 33.9 Å². The molecular weight excluding hydrogens is 581 g/mol. The average Bonchev–Trinajstić information content (AvgIpc) is 3.40. The molecule has 2 aliphatic rings. The number of hydrogen-bond acceptors (Lipinski definition) is 9. The first-order valence-electron chi connectivity index (χ1n) is 13.6. The van der Waals surface area contributed by atoms with E-state index in [0.29, 0.717) is 41.6 Å². The molecule has 11 nitrogen and oxygen atoms in total. The van der Waals surface area contributed by atoms with Gasteiger partial charge in [-0.3, -0.25) is 9.36 Å². The largest absolute Gasteiger partial charge is 0.477 e. The van der Waals surface area contributed by atoms with Crippen molar-refractivity contribution < 1.29 is 14.6 Å². The number of likely N-dealkylation sites (N-methyl/N-ethyl adjacent to an activating group) is 1. The van der Waals surface area contributed by atoms with Crippen LogP contribution in [0.2, 0.25) is 10.0 Å². The van der Waals surface area contributed by atoms with E-state index in [1.807, 2.05) is 17.0 Å². The number of halogens is 2. The molecular formula is C29H29Cl2N7O4. The van der Waals surface area contributed by atoms with Gasteiger partial charge in [-0.25, -0.2) is 19.7 Å². The van der Waals surface area contributed by atoms with E-state index in [1.165, 1.54) is 12.3 Å². The maximum atomic E-state index is 13.2. The molecule has 1 atom stereocenters. The van der Waals surface area contributed by atoms with E-state index in [0.717, 1.165) is 31.7 Å². The lowest BCUT2D eigenvalue weighted by molar-refractivity contribution is 0.0695. The summed E-state index contributed by atoms with van der Waals surface area (Å²) in [5.74, 6) is 0.328. The number of carboxylic acids is 1. The molecule has 0 aromatic carbocycles. The molecule has 0 unspecified atom stereocenters. The Bertz CT molecular complexity index is 1710. The van der Waals surface area contributed by atoms with Crippen LogP contribution in [-0.4, -0.2) is 87.9 Å². The minimum absolute atomic E-state index is 0.0625. The Hall–Kier alpha value is -3.93. The van der Waals surface area contributed by atoms with E-state index < -0.39 is 11.4 Å². The van der Waals surface area contributed by atoms with Crippen LogP contribution < -0.4 is 20.0 Å². The van der Waals surface area contributed by atoms with Gasteiger partial charge in [0.2, 0.25) is 11.3 Å². The fourth-order valence-electron chi connectivity index (χ4n) is 5.38. The molecule has 1 N–H and O–H groups in total. The summed E-state index contributed by atoms with van der Waals surface area (Å²) in [6, 6.07) is 9.10. The van der Waals surface area contributed by atoms with Crippen LogP contribution in [0.1, 0.15) is 23.2 Å². The lowest BCUT2D eigenvalue weighted by Crippen LogP contribution is -2.57. The lowest BCUT2D eigenvalue weighted by Gasteiger charge is -2.43. The van der Waals surface area contributed by atoms with Crippen LogP contribution in [0.3, 0.4) is 0 Å². The van der Waals surface area contributed by atoms with Crippen molar-refractivity contribution in [3.05, 3.63) is 74.8 Å². The topological polar surface area (TPSA) is 117 Å². The molecule has 0 aliphatic carbocycles. The maximum Gasteiger partial charge on any atom is 0.341 e. The summed E-state index contributed by atoms with van der Waals surface area (Å²) in [4.78, 5) is 45.3. The summed E-state index contributed by atoms with van der Waals surface area (Å²) in [6.45, 7) is 2.74. The quantitative estimate of drug-likeness (QED) is 0.314. The number of fused-ring (bicyclic) bond motifs is 1. The first-order valence-corrected chi connectivity index (χ1v) is 14.3. The van der Waals surface area contributed by atoms with Crippen molar-refractivity contribution in [1.82, 2.24) is 24.4 Å². The maximum absolute atomic E-state index is 13.2. The van der Waals surface area contributed by atoms with Crippen molar-refractivity contribution in [2.45, 2.75) is 24.9 Å². The normalized spacial score (nSPS) is 17.2. The Morgan fingerprint density at radius 3 is 2.67 bits per heavy atom. The molecule has 42 heavy (non-hydrogen) atoms. The third kappa shape index (κ3) is 5.23. The summed E-state index contributed by atoms with van der Waals surface area (Å²) in [5.41, 5.74) is -0.174. The third-order valence-corrected chi connectivity index (χ3v) is 8.42. The molecule has 0 amide bonds. The second kappa shape index (κ2) is 11.4. The number of nitrogens with zero attached hydrogens (tertiary/aromatic N) is 7. The molecule has 6 rings (SSSR count). The van der Waals surface area contributed by atoms with Crippen molar-refractivity contribution in [1.29, 1.82) is 0 Å². The highest BCUT2D eigenvalue weighted by molar-refractivity contribution is 6.33. The molecule has 218 valence electrons. The molecule has 0 spiro atoms. The third-order valence-electron chi connectivity index (χ3n) is 7.86. The van der Waals surface area contributed by atoms with Crippen LogP contribution in [-0.2, 0) is 0 Å². The van der Waals surface area contributed by atoms with Gasteiger partial charge in [0.05, 0.1) is 28.3 Å². The molecule has 0 saturated carbocycles. The Kier molecular flexibility index (Phi) is 7.65. The number of aromatic carboxylic acids is 1. The zero-order chi connectivity index (χ0) is 29.5. The van der Waals surface area contributed by atoms with Crippen molar-refractivity contribution in [2.75, 3.05) is 50.1 Å². The fraction of sp³-hybridized carbons (Fsp3) is 0.345. The van der Waals surface area contributed by atoms with Gasteiger partial charge in [0.1, 0.15) is 28.8 Å². The molecule has 2 saturated heterocycles. The minimum Gasteiger partial charge on any atom is -0.477 e. The number of rotatable bonds is 8. The van der Waals surface area contributed by atoms with Crippen LogP contribution in [0, 0.1) is 0 Å². The summed E-state index contributed by atoms with van der Waals surface area (Å²) >= 11 is 12.9. The number of anilines is 2. The van der Waals surface area contributed by atoms with Gasteiger partial charge in [-0.15, -0.1) is 0 Å². The number of ether oxygens (including phenoxy) is 1.